The van der Waals surface area contributed by atoms with Crippen LogP contribution in [0.25, 0.3) is 10.1 Å². The van der Waals surface area contributed by atoms with Gasteiger partial charge in [-0.05, 0) is 35.2 Å². The second-order valence-corrected chi connectivity index (χ2v) is 5.30. The molecule has 0 radical (unpaired) electrons. The zero-order chi connectivity index (χ0) is 12.5. The molecule has 0 saturated carbocycles. The zero-order valence-electron chi connectivity index (χ0n) is 9.47. The van der Waals surface area contributed by atoms with Crippen LogP contribution in [-0.4, -0.2) is 5.11 Å². The lowest BCUT2D eigenvalue weighted by Crippen LogP contribution is -1.97. The number of aliphatic hydroxyl groups is 1. The van der Waals surface area contributed by atoms with E-state index in [9.17, 15) is 9.50 Å². The van der Waals surface area contributed by atoms with Crippen LogP contribution in [0.1, 0.15) is 16.5 Å². The molecule has 0 aliphatic carbocycles. The second-order valence-electron chi connectivity index (χ2n) is 4.18. The smallest absolute Gasteiger partial charge is 0.124 e. The average Bonchev–Trinajstić information content (AvgIpc) is 2.96. The van der Waals surface area contributed by atoms with Gasteiger partial charge in [0.2, 0.25) is 0 Å². The van der Waals surface area contributed by atoms with E-state index in [0.29, 0.717) is 6.42 Å². The molecule has 2 nitrogen and oxygen atoms in total. The van der Waals surface area contributed by atoms with Gasteiger partial charge in [-0.25, -0.2) is 4.39 Å². The molecular formula is C14H11FO2S. The van der Waals surface area contributed by atoms with Crippen LogP contribution >= 0.6 is 11.3 Å². The number of hydrogen-bond acceptors (Lipinski definition) is 3. The Balaban J connectivity index is 1.89. The molecule has 1 atom stereocenters. The summed E-state index contributed by atoms with van der Waals surface area (Å²) in [5.74, 6) is -0.250. The lowest BCUT2D eigenvalue weighted by molar-refractivity contribution is 0.182. The van der Waals surface area contributed by atoms with Gasteiger partial charge in [0, 0.05) is 16.0 Å². The molecule has 0 saturated heterocycles. The van der Waals surface area contributed by atoms with E-state index in [1.807, 2.05) is 12.1 Å². The number of benzene rings is 1. The van der Waals surface area contributed by atoms with Crippen LogP contribution in [-0.2, 0) is 6.42 Å². The van der Waals surface area contributed by atoms with Gasteiger partial charge in [-0.3, -0.25) is 0 Å². The summed E-state index contributed by atoms with van der Waals surface area (Å²) in [7, 11) is 0. The van der Waals surface area contributed by atoms with E-state index in [4.69, 9.17) is 4.42 Å². The lowest BCUT2D eigenvalue weighted by Gasteiger charge is -2.05. The molecule has 0 fully saturated rings. The van der Waals surface area contributed by atoms with Crippen LogP contribution in [0.2, 0.25) is 0 Å². The summed E-state index contributed by atoms with van der Waals surface area (Å²) in [6.45, 7) is 0. The summed E-state index contributed by atoms with van der Waals surface area (Å²) in [6.07, 6.45) is 3.13. The number of rotatable bonds is 3. The van der Waals surface area contributed by atoms with E-state index in [1.165, 1.54) is 23.5 Å². The molecule has 4 heteroatoms. The Labute approximate surface area is 107 Å². The molecule has 1 aromatic carbocycles. The summed E-state index contributed by atoms with van der Waals surface area (Å²) >= 11 is 1.42. The summed E-state index contributed by atoms with van der Waals surface area (Å²) in [5.41, 5.74) is 0.950. The normalized spacial score (nSPS) is 13.0. The third-order valence-corrected chi connectivity index (χ3v) is 4.04. The minimum Gasteiger partial charge on any atom is -0.472 e. The Bertz CT molecular complexity index is 658. The SMILES string of the molecule is OC(Cc1ccoc1)c1cc2ccc(F)cc2s1. The zero-order valence-corrected chi connectivity index (χ0v) is 10.3. The van der Waals surface area contributed by atoms with Crippen molar-refractivity contribution in [1.82, 2.24) is 0 Å². The molecule has 0 amide bonds. The van der Waals surface area contributed by atoms with Crippen LogP contribution in [0.15, 0.2) is 47.3 Å². The fourth-order valence-electron chi connectivity index (χ4n) is 1.92. The number of fused-ring (bicyclic) bond motifs is 1. The van der Waals surface area contributed by atoms with Crippen LogP contribution < -0.4 is 0 Å². The molecule has 0 bridgehead atoms. The van der Waals surface area contributed by atoms with E-state index < -0.39 is 6.10 Å². The van der Waals surface area contributed by atoms with Gasteiger partial charge in [0.25, 0.3) is 0 Å². The molecule has 2 heterocycles. The first-order valence-corrected chi connectivity index (χ1v) is 6.42. The van der Waals surface area contributed by atoms with Crippen molar-refractivity contribution >= 4 is 21.4 Å². The van der Waals surface area contributed by atoms with Gasteiger partial charge in [-0.2, -0.15) is 0 Å². The standard InChI is InChI=1S/C14H11FO2S/c15-11-2-1-10-6-14(18-13(10)7-11)12(16)5-9-3-4-17-8-9/h1-4,6-8,12,16H,5H2. The molecule has 92 valence electrons. The molecule has 0 aliphatic heterocycles. The van der Waals surface area contributed by atoms with Crippen molar-refractivity contribution in [2.75, 3.05) is 0 Å². The largest absolute Gasteiger partial charge is 0.472 e. The van der Waals surface area contributed by atoms with Crippen LogP contribution in [0.5, 0.6) is 0 Å². The average molecular weight is 262 g/mol. The molecule has 0 aliphatic rings. The highest BCUT2D eigenvalue weighted by Crippen LogP contribution is 2.31. The van der Waals surface area contributed by atoms with E-state index >= 15 is 0 Å². The summed E-state index contributed by atoms with van der Waals surface area (Å²) < 4.78 is 18.9. The van der Waals surface area contributed by atoms with E-state index in [1.54, 1.807) is 18.6 Å². The molecule has 1 unspecified atom stereocenters. The first-order chi connectivity index (χ1) is 8.72. The molecule has 0 spiro atoms. The number of aliphatic hydroxyl groups excluding tert-OH is 1. The van der Waals surface area contributed by atoms with Gasteiger partial charge in [0.05, 0.1) is 18.6 Å². The van der Waals surface area contributed by atoms with Crippen molar-refractivity contribution in [2.24, 2.45) is 0 Å². The molecule has 1 N–H and O–H groups in total. The number of thiophene rings is 1. The Kier molecular flexibility index (Phi) is 2.89. The van der Waals surface area contributed by atoms with Crippen molar-refractivity contribution in [2.45, 2.75) is 12.5 Å². The van der Waals surface area contributed by atoms with Crippen molar-refractivity contribution < 1.29 is 13.9 Å². The van der Waals surface area contributed by atoms with Crippen LogP contribution in [0.4, 0.5) is 4.39 Å². The van der Waals surface area contributed by atoms with Gasteiger partial charge in [0.15, 0.2) is 0 Å². The Hall–Kier alpha value is -1.65. The highest BCUT2D eigenvalue weighted by Gasteiger charge is 2.13. The summed E-state index contributed by atoms with van der Waals surface area (Å²) in [6, 6.07) is 8.39. The van der Waals surface area contributed by atoms with Crippen molar-refractivity contribution in [1.29, 1.82) is 0 Å². The van der Waals surface area contributed by atoms with Crippen molar-refractivity contribution in [3.05, 3.63) is 59.1 Å². The van der Waals surface area contributed by atoms with Gasteiger partial charge in [0.1, 0.15) is 5.82 Å². The quantitative estimate of drug-likeness (QED) is 0.776. The Morgan fingerprint density at radius 3 is 2.94 bits per heavy atom. The van der Waals surface area contributed by atoms with E-state index in [-0.39, 0.29) is 5.82 Å². The van der Waals surface area contributed by atoms with Gasteiger partial charge < -0.3 is 9.52 Å². The van der Waals surface area contributed by atoms with E-state index in [0.717, 1.165) is 20.5 Å². The maximum atomic E-state index is 13.1. The van der Waals surface area contributed by atoms with Crippen LogP contribution in [0.3, 0.4) is 0 Å². The fourth-order valence-corrected chi connectivity index (χ4v) is 3.00. The molecule has 2 aromatic heterocycles. The fraction of sp³-hybridized carbons (Fsp3) is 0.143. The van der Waals surface area contributed by atoms with Crippen molar-refractivity contribution in [3.8, 4) is 0 Å². The van der Waals surface area contributed by atoms with E-state index in [2.05, 4.69) is 0 Å². The molecule has 3 aromatic rings. The van der Waals surface area contributed by atoms with Gasteiger partial charge in [-0.15, -0.1) is 11.3 Å². The number of furan rings is 1. The maximum Gasteiger partial charge on any atom is 0.124 e. The monoisotopic (exact) mass is 262 g/mol. The maximum absolute atomic E-state index is 13.1. The minimum absolute atomic E-state index is 0.250. The number of hydrogen-bond donors (Lipinski definition) is 1. The first-order valence-electron chi connectivity index (χ1n) is 5.60. The predicted octanol–water partition coefficient (Wildman–Crippen LogP) is 3.91. The summed E-state index contributed by atoms with van der Waals surface area (Å²) in [4.78, 5) is 0.844. The minimum atomic E-state index is -0.580. The van der Waals surface area contributed by atoms with Crippen molar-refractivity contribution in [3.63, 3.8) is 0 Å². The Morgan fingerprint density at radius 1 is 1.28 bits per heavy atom. The van der Waals surface area contributed by atoms with Crippen LogP contribution in [0, 0.1) is 5.82 Å². The van der Waals surface area contributed by atoms with Gasteiger partial charge in [-0.1, -0.05) is 6.07 Å². The number of halogens is 1. The predicted molar refractivity (Wildman–Crippen MR) is 69.2 cm³/mol. The third kappa shape index (κ3) is 2.17. The lowest BCUT2D eigenvalue weighted by atomic mass is 10.1. The topological polar surface area (TPSA) is 33.4 Å². The first kappa shape index (κ1) is 11.4. The molecule has 3 rings (SSSR count). The highest BCUT2D eigenvalue weighted by atomic mass is 32.1. The molecular weight excluding hydrogens is 251 g/mol. The second kappa shape index (κ2) is 4.55. The molecule has 18 heavy (non-hydrogen) atoms. The highest BCUT2D eigenvalue weighted by molar-refractivity contribution is 7.19. The van der Waals surface area contributed by atoms with Gasteiger partial charge >= 0.3 is 0 Å². The third-order valence-electron chi connectivity index (χ3n) is 2.84. The summed E-state index contributed by atoms with van der Waals surface area (Å²) in [5, 5.41) is 11.1. The Morgan fingerprint density at radius 2 is 2.17 bits per heavy atom.